The van der Waals surface area contributed by atoms with Crippen molar-refractivity contribution >= 4 is 11.8 Å². The first-order valence-corrected chi connectivity index (χ1v) is 6.33. The molecule has 1 rings (SSSR count). The summed E-state index contributed by atoms with van der Waals surface area (Å²) in [4.78, 5) is 0. The fourth-order valence-corrected chi connectivity index (χ4v) is 1.85. The maximum absolute atomic E-state index is 5.93. The number of thioether (sulfide) groups is 1. The maximum Gasteiger partial charge on any atom is 0.276 e. The van der Waals surface area contributed by atoms with Crippen molar-refractivity contribution < 1.29 is 4.42 Å². The molecule has 4 nitrogen and oxygen atoms in total. The Morgan fingerprint density at radius 3 is 2.73 bits per heavy atom. The summed E-state index contributed by atoms with van der Waals surface area (Å²) in [5.74, 6) is 2.10. The van der Waals surface area contributed by atoms with Gasteiger partial charge in [0.1, 0.15) is 0 Å². The van der Waals surface area contributed by atoms with Gasteiger partial charge >= 0.3 is 0 Å². The topological polar surface area (TPSA) is 64.9 Å². The third-order valence-electron chi connectivity index (χ3n) is 1.89. The molecule has 1 aromatic heterocycles. The standard InChI is InChI=1S/C10H19N3OS/c1-4-5-15-10-13-12-9(14-10)8(11)6-7(2)3/h7-8H,4-6,11H2,1-3H3/t8-/m0/s1. The molecule has 0 aliphatic rings. The molecular formula is C10H19N3OS. The van der Waals surface area contributed by atoms with Crippen LogP contribution in [0.1, 0.15) is 45.5 Å². The lowest BCUT2D eigenvalue weighted by atomic mass is 10.1. The number of aromatic nitrogens is 2. The zero-order valence-electron chi connectivity index (χ0n) is 9.56. The van der Waals surface area contributed by atoms with Gasteiger partial charge in [0.15, 0.2) is 0 Å². The van der Waals surface area contributed by atoms with E-state index in [9.17, 15) is 0 Å². The highest BCUT2D eigenvalue weighted by molar-refractivity contribution is 7.99. The van der Waals surface area contributed by atoms with Crippen LogP contribution in [0.2, 0.25) is 0 Å². The molecule has 1 aromatic rings. The van der Waals surface area contributed by atoms with Crippen molar-refractivity contribution in [3.8, 4) is 0 Å². The van der Waals surface area contributed by atoms with E-state index in [2.05, 4.69) is 31.0 Å². The van der Waals surface area contributed by atoms with Gasteiger partial charge in [-0.15, -0.1) is 10.2 Å². The Kier molecular flexibility index (Phi) is 5.11. The van der Waals surface area contributed by atoms with Crippen molar-refractivity contribution in [2.24, 2.45) is 11.7 Å². The molecule has 0 unspecified atom stereocenters. The Bertz CT molecular complexity index is 288. The molecular weight excluding hydrogens is 210 g/mol. The minimum atomic E-state index is -0.131. The first-order chi connectivity index (χ1) is 7.13. The summed E-state index contributed by atoms with van der Waals surface area (Å²) in [6, 6.07) is -0.131. The van der Waals surface area contributed by atoms with E-state index in [1.807, 2.05) is 0 Å². The van der Waals surface area contributed by atoms with Crippen LogP contribution in [0.15, 0.2) is 9.64 Å². The number of nitrogens with two attached hydrogens (primary N) is 1. The minimum absolute atomic E-state index is 0.131. The summed E-state index contributed by atoms with van der Waals surface area (Å²) in [6.45, 7) is 6.38. The van der Waals surface area contributed by atoms with Crippen molar-refractivity contribution in [3.63, 3.8) is 0 Å². The monoisotopic (exact) mass is 229 g/mol. The van der Waals surface area contributed by atoms with Gasteiger partial charge in [-0.05, 0) is 18.8 Å². The van der Waals surface area contributed by atoms with Gasteiger partial charge in [0.05, 0.1) is 6.04 Å². The van der Waals surface area contributed by atoms with Gasteiger partial charge in [0.25, 0.3) is 5.22 Å². The van der Waals surface area contributed by atoms with Crippen molar-refractivity contribution in [2.75, 3.05) is 5.75 Å². The van der Waals surface area contributed by atoms with Gasteiger partial charge in [0, 0.05) is 5.75 Å². The number of hydrogen-bond donors (Lipinski definition) is 1. The predicted octanol–water partition coefficient (Wildman–Crippen LogP) is 2.62. The van der Waals surface area contributed by atoms with Gasteiger partial charge in [-0.25, -0.2) is 0 Å². The number of nitrogens with zero attached hydrogens (tertiary/aromatic N) is 2. The van der Waals surface area contributed by atoms with Crippen molar-refractivity contribution in [1.29, 1.82) is 0 Å². The Morgan fingerprint density at radius 2 is 2.13 bits per heavy atom. The third-order valence-corrected chi connectivity index (χ3v) is 2.92. The molecule has 0 saturated carbocycles. The van der Waals surface area contributed by atoms with Crippen LogP contribution >= 0.6 is 11.8 Å². The molecule has 0 spiro atoms. The zero-order chi connectivity index (χ0) is 11.3. The Balaban J connectivity index is 2.51. The Labute approximate surface area is 95.0 Å². The van der Waals surface area contributed by atoms with E-state index in [1.54, 1.807) is 11.8 Å². The van der Waals surface area contributed by atoms with Crippen LogP contribution in [-0.2, 0) is 0 Å². The molecule has 5 heteroatoms. The Hall–Kier alpha value is -0.550. The number of rotatable bonds is 6. The van der Waals surface area contributed by atoms with E-state index in [1.165, 1.54) is 0 Å². The summed E-state index contributed by atoms with van der Waals surface area (Å²) in [7, 11) is 0. The minimum Gasteiger partial charge on any atom is -0.414 e. The van der Waals surface area contributed by atoms with Crippen molar-refractivity contribution in [1.82, 2.24) is 10.2 Å². The molecule has 15 heavy (non-hydrogen) atoms. The molecule has 0 radical (unpaired) electrons. The molecule has 0 aliphatic heterocycles. The average molecular weight is 229 g/mol. The third kappa shape index (κ3) is 4.22. The lowest BCUT2D eigenvalue weighted by Gasteiger charge is -2.08. The normalized spacial score (nSPS) is 13.4. The van der Waals surface area contributed by atoms with Crippen LogP contribution in [0, 0.1) is 5.92 Å². The van der Waals surface area contributed by atoms with Crippen LogP contribution in [0.3, 0.4) is 0 Å². The van der Waals surface area contributed by atoms with Crippen LogP contribution < -0.4 is 5.73 Å². The quantitative estimate of drug-likeness (QED) is 0.760. The van der Waals surface area contributed by atoms with E-state index in [-0.39, 0.29) is 6.04 Å². The van der Waals surface area contributed by atoms with Crippen LogP contribution in [-0.4, -0.2) is 16.0 Å². The van der Waals surface area contributed by atoms with E-state index in [4.69, 9.17) is 10.2 Å². The molecule has 0 aromatic carbocycles. The Morgan fingerprint density at radius 1 is 1.40 bits per heavy atom. The molecule has 0 fully saturated rings. The van der Waals surface area contributed by atoms with Crippen molar-refractivity contribution in [2.45, 2.75) is 44.9 Å². The SMILES string of the molecule is CCCSc1nnc([C@@H](N)CC(C)C)o1. The summed E-state index contributed by atoms with van der Waals surface area (Å²) >= 11 is 1.58. The zero-order valence-corrected chi connectivity index (χ0v) is 10.4. The second-order valence-electron chi connectivity index (χ2n) is 3.99. The average Bonchev–Trinajstić information content (AvgIpc) is 2.62. The van der Waals surface area contributed by atoms with Crippen LogP contribution in [0.5, 0.6) is 0 Å². The number of hydrogen-bond acceptors (Lipinski definition) is 5. The summed E-state index contributed by atoms with van der Waals surface area (Å²) in [5, 5.41) is 8.54. The molecule has 0 bridgehead atoms. The lowest BCUT2D eigenvalue weighted by Crippen LogP contribution is -2.13. The van der Waals surface area contributed by atoms with Crippen LogP contribution in [0.25, 0.3) is 0 Å². The molecule has 0 saturated heterocycles. The van der Waals surface area contributed by atoms with E-state index in [0.717, 1.165) is 18.6 Å². The summed E-state index contributed by atoms with van der Waals surface area (Å²) in [6.07, 6.45) is 1.97. The van der Waals surface area contributed by atoms with Gasteiger partial charge in [-0.1, -0.05) is 32.5 Å². The molecule has 1 atom stereocenters. The molecule has 1 heterocycles. The predicted molar refractivity (Wildman–Crippen MR) is 61.7 cm³/mol. The highest BCUT2D eigenvalue weighted by atomic mass is 32.2. The van der Waals surface area contributed by atoms with E-state index < -0.39 is 0 Å². The molecule has 86 valence electrons. The smallest absolute Gasteiger partial charge is 0.276 e. The summed E-state index contributed by atoms with van der Waals surface area (Å²) < 4.78 is 5.46. The maximum atomic E-state index is 5.93. The highest BCUT2D eigenvalue weighted by Crippen LogP contribution is 2.22. The van der Waals surface area contributed by atoms with Gasteiger partial charge in [-0.2, -0.15) is 0 Å². The highest BCUT2D eigenvalue weighted by Gasteiger charge is 2.15. The van der Waals surface area contributed by atoms with Gasteiger partial charge in [-0.3, -0.25) is 0 Å². The second-order valence-corrected chi connectivity index (χ2v) is 5.04. The molecule has 0 amide bonds. The van der Waals surface area contributed by atoms with E-state index in [0.29, 0.717) is 17.0 Å². The van der Waals surface area contributed by atoms with Crippen molar-refractivity contribution in [3.05, 3.63) is 5.89 Å². The summed E-state index contributed by atoms with van der Waals surface area (Å²) in [5.41, 5.74) is 5.93. The van der Waals surface area contributed by atoms with E-state index >= 15 is 0 Å². The largest absolute Gasteiger partial charge is 0.414 e. The molecule has 2 N–H and O–H groups in total. The first-order valence-electron chi connectivity index (χ1n) is 5.35. The van der Waals surface area contributed by atoms with Gasteiger partial charge in [0.2, 0.25) is 5.89 Å². The van der Waals surface area contributed by atoms with Crippen LogP contribution in [0.4, 0.5) is 0 Å². The molecule has 0 aliphatic carbocycles. The first kappa shape index (κ1) is 12.5. The lowest BCUT2D eigenvalue weighted by molar-refractivity contribution is 0.361. The fourth-order valence-electron chi connectivity index (χ4n) is 1.23. The second kappa shape index (κ2) is 6.12. The van der Waals surface area contributed by atoms with Gasteiger partial charge < -0.3 is 10.2 Å². The fraction of sp³-hybridized carbons (Fsp3) is 0.800.